The number of nitrogens with zero attached hydrogens (tertiary/aromatic N) is 1. The zero-order chi connectivity index (χ0) is 13.8. The van der Waals surface area contributed by atoms with Gasteiger partial charge in [0.25, 0.3) is 0 Å². The summed E-state index contributed by atoms with van der Waals surface area (Å²) >= 11 is 0. The fourth-order valence-electron chi connectivity index (χ4n) is 3.59. The summed E-state index contributed by atoms with van der Waals surface area (Å²) in [5, 5.41) is 3.13. The van der Waals surface area contributed by atoms with Gasteiger partial charge in [-0.1, -0.05) is 13.3 Å². The van der Waals surface area contributed by atoms with E-state index in [-0.39, 0.29) is 17.9 Å². The summed E-state index contributed by atoms with van der Waals surface area (Å²) in [5.41, 5.74) is 6.13. The van der Waals surface area contributed by atoms with Crippen LogP contribution in [0.15, 0.2) is 0 Å². The molecule has 0 aromatic heterocycles. The Bertz CT molecular complexity index is 292. The van der Waals surface area contributed by atoms with Crippen LogP contribution in [0.4, 0.5) is 0 Å². The lowest BCUT2D eigenvalue weighted by molar-refractivity contribution is -0.128. The van der Waals surface area contributed by atoms with E-state index in [2.05, 4.69) is 24.1 Å². The molecule has 110 valence electrons. The van der Waals surface area contributed by atoms with E-state index < -0.39 is 0 Å². The molecule has 2 rings (SSSR count). The van der Waals surface area contributed by atoms with Gasteiger partial charge in [0.2, 0.25) is 5.91 Å². The number of hydrogen-bond acceptors (Lipinski definition) is 3. The molecule has 0 spiro atoms. The number of nitrogens with two attached hydrogens (primary N) is 1. The highest BCUT2D eigenvalue weighted by Crippen LogP contribution is 2.29. The highest BCUT2D eigenvalue weighted by atomic mass is 16.1. The van der Waals surface area contributed by atoms with Gasteiger partial charge < -0.3 is 11.1 Å². The second-order valence-electron chi connectivity index (χ2n) is 6.44. The fraction of sp³-hybridized carbons (Fsp3) is 0.933. The zero-order valence-corrected chi connectivity index (χ0v) is 12.4. The third-order valence-electron chi connectivity index (χ3n) is 4.91. The Morgan fingerprint density at radius 1 is 1.32 bits per heavy atom. The molecule has 1 saturated carbocycles. The summed E-state index contributed by atoms with van der Waals surface area (Å²) in [5.74, 6) is 0.608. The Labute approximate surface area is 117 Å². The van der Waals surface area contributed by atoms with Crippen LogP contribution in [-0.4, -0.2) is 42.5 Å². The molecule has 19 heavy (non-hydrogen) atoms. The number of amides is 1. The Balaban J connectivity index is 1.79. The van der Waals surface area contributed by atoms with Crippen LogP contribution in [0.25, 0.3) is 0 Å². The Morgan fingerprint density at radius 3 is 2.63 bits per heavy atom. The number of carbonyl (C=O) groups excluding carboxylic acids is 1. The van der Waals surface area contributed by atoms with E-state index in [1.165, 1.54) is 25.9 Å². The number of carbonyl (C=O) groups is 1. The SMILES string of the molecule is CC1CCCC(N)C1C(=O)NCC(C)N1CCCC1. The number of nitrogens with one attached hydrogen (secondary N) is 1. The second-order valence-corrected chi connectivity index (χ2v) is 6.44. The Hall–Kier alpha value is -0.610. The minimum Gasteiger partial charge on any atom is -0.354 e. The van der Waals surface area contributed by atoms with Crippen LogP contribution in [0.1, 0.15) is 46.0 Å². The van der Waals surface area contributed by atoms with Crippen molar-refractivity contribution in [2.75, 3.05) is 19.6 Å². The van der Waals surface area contributed by atoms with E-state index in [1.54, 1.807) is 0 Å². The lowest BCUT2D eigenvalue weighted by Gasteiger charge is -2.34. The molecular weight excluding hydrogens is 238 g/mol. The third-order valence-corrected chi connectivity index (χ3v) is 4.91. The smallest absolute Gasteiger partial charge is 0.225 e. The largest absolute Gasteiger partial charge is 0.354 e. The topological polar surface area (TPSA) is 58.4 Å². The summed E-state index contributed by atoms with van der Waals surface area (Å²) in [7, 11) is 0. The standard InChI is InChI=1S/C15H29N3O/c1-11-6-5-7-13(16)14(11)15(19)17-10-12(2)18-8-3-4-9-18/h11-14H,3-10,16H2,1-2H3,(H,17,19). The molecule has 4 heteroatoms. The highest BCUT2D eigenvalue weighted by molar-refractivity contribution is 5.79. The molecule has 0 aromatic carbocycles. The molecule has 4 nitrogen and oxygen atoms in total. The molecule has 0 radical (unpaired) electrons. The lowest BCUT2D eigenvalue weighted by Crippen LogP contribution is -2.50. The molecule has 2 aliphatic rings. The van der Waals surface area contributed by atoms with Crippen molar-refractivity contribution in [3.8, 4) is 0 Å². The quantitative estimate of drug-likeness (QED) is 0.808. The first-order valence-corrected chi connectivity index (χ1v) is 7.87. The summed E-state index contributed by atoms with van der Waals surface area (Å²) in [4.78, 5) is 14.8. The predicted molar refractivity (Wildman–Crippen MR) is 77.8 cm³/mol. The van der Waals surface area contributed by atoms with Crippen LogP contribution in [0.5, 0.6) is 0 Å². The molecule has 2 fully saturated rings. The van der Waals surface area contributed by atoms with Crippen molar-refractivity contribution >= 4 is 5.91 Å². The molecule has 0 aromatic rings. The van der Waals surface area contributed by atoms with E-state index in [9.17, 15) is 4.79 Å². The van der Waals surface area contributed by atoms with E-state index >= 15 is 0 Å². The first-order valence-electron chi connectivity index (χ1n) is 7.87. The van der Waals surface area contributed by atoms with Gasteiger partial charge in [0, 0.05) is 18.6 Å². The normalized spacial score (nSPS) is 34.2. The molecule has 0 bridgehead atoms. The van der Waals surface area contributed by atoms with Crippen molar-refractivity contribution in [2.45, 2.75) is 58.0 Å². The van der Waals surface area contributed by atoms with Gasteiger partial charge in [-0.05, 0) is 51.6 Å². The van der Waals surface area contributed by atoms with Gasteiger partial charge in [-0.3, -0.25) is 9.69 Å². The molecule has 1 aliphatic heterocycles. The maximum atomic E-state index is 12.3. The molecule has 1 aliphatic carbocycles. The van der Waals surface area contributed by atoms with Crippen molar-refractivity contribution in [2.24, 2.45) is 17.6 Å². The van der Waals surface area contributed by atoms with Crippen molar-refractivity contribution < 1.29 is 4.79 Å². The van der Waals surface area contributed by atoms with Gasteiger partial charge in [0.15, 0.2) is 0 Å². The molecule has 4 atom stereocenters. The predicted octanol–water partition coefficient (Wildman–Crippen LogP) is 1.35. The third kappa shape index (κ3) is 3.69. The molecule has 3 N–H and O–H groups in total. The van der Waals surface area contributed by atoms with Gasteiger partial charge in [0.05, 0.1) is 5.92 Å². The van der Waals surface area contributed by atoms with Gasteiger partial charge in [-0.2, -0.15) is 0 Å². The van der Waals surface area contributed by atoms with Gasteiger partial charge in [-0.25, -0.2) is 0 Å². The van der Waals surface area contributed by atoms with Crippen LogP contribution >= 0.6 is 0 Å². The van der Waals surface area contributed by atoms with Crippen LogP contribution in [0, 0.1) is 11.8 Å². The van der Waals surface area contributed by atoms with Crippen molar-refractivity contribution in [1.29, 1.82) is 0 Å². The second kappa shape index (κ2) is 6.71. The lowest BCUT2D eigenvalue weighted by atomic mass is 9.76. The summed E-state index contributed by atoms with van der Waals surface area (Å²) < 4.78 is 0. The van der Waals surface area contributed by atoms with E-state index in [1.807, 2.05) is 0 Å². The van der Waals surface area contributed by atoms with Crippen LogP contribution in [0.2, 0.25) is 0 Å². The number of likely N-dealkylation sites (tertiary alicyclic amines) is 1. The van der Waals surface area contributed by atoms with Crippen LogP contribution in [-0.2, 0) is 4.79 Å². The first-order chi connectivity index (χ1) is 9.09. The van der Waals surface area contributed by atoms with E-state index in [0.717, 1.165) is 25.8 Å². The van der Waals surface area contributed by atoms with Crippen molar-refractivity contribution in [1.82, 2.24) is 10.2 Å². The molecule has 4 unspecified atom stereocenters. The summed E-state index contributed by atoms with van der Waals surface area (Å²) in [6.07, 6.45) is 5.87. The van der Waals surface area contributed by atoms with Crippen LogP contribution in [0.3, 0.4) is 0 Å². The Morgan fingerprint density at radius 2 is 2.00 bits per heavy atom. The van der Waals surface area contributed by atoms with E-state index in [0.29, 0.717) is 12.0 Å². The molecule has 1 saturated heterocycles. The molecule has 1 heterocycles. The summed E-state index contributed by atoms with van der Waals surface area (Å²) in [6.45, 7) is 7.48. The van der Waals surface area contributed by atoms with Crippen LogP contribution < -0.4 is 11.1 Å². The maximum absolute atomic E-state index is 12.3. The first kappa shape index (κ1) is 14.8. The average Bonchev–Trinajstić information content (AvgIpc) is 2.89. The van der Waals surface area contributed by atoms with Crippen molar-refractivity contribution in [3.05, 3.63) is 0 Å². The molecular formula is C15H29N3O. The zero-order valence-electron chi connectivity index (χ0n) is 12.4. The number of rotatable bonds is 4. The van der Waals surface area contributed by atoms with E-state index in [4.69, 9.17) is 5.73 Å². The number of hydrogen-bond donors (Lipinski definition) is 2. The fourth-order valence-corrected chi connectivity index (χ4v) is 3.59. The minimum atomic E-state index is 0.0135. The van der Waals surface area contributed by atoms with Gasteiger partial charge in [0.1, 0.15) is 0 Å². The average molecular weight is 267 g/mol. The maximum Gasteiger partial charge on any atom is 0.225 e. The Kier molecular flexibility index (Phi) is 5.22. The van der Waals surface area contributed by atoms with Gasteiger partial charge >= 0.3 is 0 Å². The highest BCUT2D eigenvalue weighted by Gasteiger charge is 2.34. The minimum absolute atomic E-state index is 0.0135. The molecule has 1 amide bonds. The van der Waals surface area contributed by atoms with Crippen molar-refractivity contribution in [3.63, 3.8) is 0 Å². The van der Waals surface area contributed by atoms with Gasteiger partial charge in [-0.15, -0.1) is 0 Å². The summed E-state index contributed by atoms with van der Waals surface area (Å²) in [6, 6.07) is 0.493. The monoisotopic (exact) mass is 267 g/mol.